The highest BCUT2D eigenvalue weighted by atomic mass is 32.2. The van der Waals surface area contributed by atoms with Crippen LogP contribution in [0.1, 0.15) is 44.7 Å². The molecular formula is C17H26N2OS. The Labute approximate surface area is 132 Å². The molecule has 0 saturated carbocycles. The maximum atomic E-state index is 12.7. The van der Waals surface area contributed by atoms with E-state index in [1.54, 1.807) is 11.8 Å². The minimum Gasteiger partial charge on any atom is -0.349 e. The Morgan fingerprint density at radius 1 is 1.43 bits per heavy atom. The summed E-state index contributed by atoms with van der Waals surface area (Å²) in [7, 11) is 0. The summed E-state index contributed by atoms with van der Waals surface area (Å²) >= 11 is 1.73. The highest BCUT2D eigenvalue weighted by Gasteiger charge is 2.38. The standard InChI is InChI=1S/C17H26N2OS/c1-4-17(10-5-11-18-12-17)16(20)19-13(2)14-6-8-15(21-3)9-7-14/h6-9,13,18H,4-5,10-12H2,1-3H3,(H,19,20). The lowest BCUT2D eigenvalue weighted by Gasteiger charge is -2.36. The molecule has 1 fully saturated rings. The maximum Gasteiger partial charge on any atom is 0.227 e. The molecule has 2 unspecified atom stereocenters. The predicted octanol–water partition coefficient (Wildman–Crippen LogP) is 3.37. The molecule has 4 heteroatoms. The summed E-state index contributed by atoms with van der Waals surface area (Å²) in [6, 6.07) is 8.49. The van der Waals surface area contributed by atoms with Crippen LogP contribution in [0, 0.1) is 5.41 Å². The molecule has 1 aromatic carbocycles. The van der Waals surface area contributed by atoms with E-state index in [0.29, 0.717) is 0 Å². The quantitative estimate of drug-likeness (QED) is 0.820. The molecule has 0 bridgehead atoms. The predicted molar refractivity (Wildman–Crippen MR) is 89.6 cm³/mol. The van der Waals surface area contributed by atoms with Gasteiger partial charge in [-0.2, -0.15) is 0 Å². The smallest absolute Gasteiger partial charge is 0.227 e. The van der Waals surface area contributed by atoms with Gasteiger partial charge in [0.25, 0.3) is 0 Å². The monoisotopic (exact) mass is 306 g/mol. The van der Waals surface area contributed by atoms with Crippen LogP contribution in [0.5, 0.6) is 0 Å². The molecule has 1 aromatic rings. The Morgan fingerprint density at radius 2 is 2.14 bits per heavy atom. The van der Waals surface area contributed by atoms with Crippen molar-refractivity contribution in [2.45, 2.75) is 44.0 Å². The van der Waals surface area contributed by atoms with Crippen LogP contribution in [0.4, 0.5) is 0 Å². The van der Waals surface area contributed by atoms with Gasteiger partial charge in [-0.05, 0) is 56.7 Å². The van der Waals surface area contributed by atoms with Gasteiger partial charge in [0.05, 0.1) is 11.5 Å². The fourth-order valence-electron chi connectivity index (χ4n) is 2.95. The normalized spacial score (nSPS) is 23.6. The van der Waals surface area contributed by atoms with Crippen LogP contribution in [0.3, 0.4) is 0 Å². The van der Waals surface area contributed by atoms with Crippen LogP contribution >= 0.6 is 11.8 Å². The summed E-state index contributed by atoms with van der Waals surface area (Å²) < 4.78 is 0. The topological polar surface area (TPSA) is 41.1 Å². The molecule has 1 saturated heterocycles. The molecule has 1 aliphatic heterocycles. The van der Waals surface area contributed by atoms with Crippen molar-refractivity contribution < 1.29 is 4.79 Å². The van der Waals surface area contributed by atoms with Gasteiger partial charge in [0.15, 0.2) is 0 Å². The van der Waals surface area contributed by atoms with Crippen LogP contribution in [-0.4, -0.2) is 25.3 Å². The Bertz CT molecular complexity index is 466. The van der Waals surface area contributed by atoms with Gasteiger partial charge < -0.3 is 10.6 Å². The van der Waals surface area contributed by atoms with E-state index in [1.165, 1.54) is 4.90 Å². The van der Waals surface area contributed by atoms with Gasteiger partial charge in [-0.3, -0.25) is 4.79 Å². The first kappa shape index (κ1) is 16.4. The first-order valence-corrected chi connectivity index (χ1v) is 8.99. The summed E-state index contributed by atoms with van der Waals surface area (Å²) in [5.41, 5.74) is 0.933. The van der Waals surface area contributed by atoms with E-state index in [0.717, 1.165) is 37.9 Å². The van der Waals surface area contributed by atoms with Gasteiger partial charge in [0, 0.05) is 11.4 Å². The van der Waals surface area contributed by atoms with Crippen molar-refractivity contribution in [2.24, 2.45) is 5.41 Å². The average molecular weight is 306 g/mol. The van der Waals surface area contributed by atoms with E-state index in [9.17, 15) is 4.79 Å². The Hall–Kier alpha value is -1.00. The molecular weight excluding hydrogens is 280 g/mol. The summed E-state index contributed by atoms with van der Waals surface area (Å²) in [6.07, 6.45) is 5.03. The van der Waals surface area contributed by atoms with E-state index in [2.05, 4.69) is 55.0 Å². The lowest BCUT2D eigenvalue weighted by molar-refractivity contribution is -0.133. The Balaban J connectivity index is 2.03. The fourth-order valence-corrected chi connectivity index (χ4v) is 3.36. The molecule has 1 heterocycles. The summed E-state index contributed by atoms with van der Waals surface area (Å²) in [4.78, 5) is 14.0. The minimum atomic E-state index is -0.230. The first-order chi connectivity index (χ1) is 10.1. The van der Waals surface area contributed by atoms with Crippen molar-refractivity contribution >= 4 is 17.7 Å². The molecule has 0 aliphatic carbocycles. The van der Waals surface area contributed by atoms with Gasteiger partial charge in [-0.15, -0.1) is 11.8 Å². The first-order valence-electron chi connectivity index (χ1n) is 7.77. The van der Waals surface area contributed by atoms with Crippen LogP contribution in [-0.2, 0) is 4.79 Å². The fraction of sp³-hybridized carbons (Fsp3) is 0.588. The number of hydrogen-bond acceptors (Lipinski definition) is 3. The third-order valence-electron chi connectivity index (χ3n) is 4.59. The SMILES string of the molecule is CCC1(C(=O)NC(C)c2ccc(SC)cc2)CCCNC1. The van der Waals surface area contributed by atoms with Gasteiger partial charge in [0.1, 0.15) is 0 Å². The van der Waals surface area contributed by atoms with E-state index in [-0.39, 0.29) is 17.4 Å². The number of piperidine rings is 1. The molecule has 0 radical (unpaired) electrons. The third kappa shape index (κ3) is 3.80. The highest BCUT2D eigenvalue weighted by Crippen LogP contribution is 2.31. The van der Waals surface area contributed by atoms with Crippen LogP contribution in [0.15, 0.2) is 29.2 Å². The molecule has 2 atom stereocenters. The number of rotatable bonds is 5. The molecule has 0 spiro atoms. The molecule has 116 valence electrons. The van der Waals surface area contributed by atoms with Crippen LogP contribution < -0.4 is 10.6 Å². The third-order valence-corrected chi connectivity index (χ3v) is 5.34. The van der Waals surface area contributed by atoms with Gasteiger partial charge in [0.2, 0.25) is 5.91 Å². The molecule has 2 rings (SSSR count). The van der Waals surface area contributed by atoms with Gasteiger partial charge in [-0.1, -0.05) is 19.1 Å². The van der Waals surface area contributed by atoms with E-state index in [4.69, 9.17) is 0 Å². The minimum absolute atomic E-state index is 0.0544. The average Bonchev–Trinajstić information content (AvgIpc) is 2.55. The van der Waals surface area contributed by atoms with Gasteiger partial charge in [-0.25, -0.2) is 0 Å². The van der Waals surface area contributed by atoms with Crippen molar-refractivity contribution in [1.29, 1.82) is 0 Å². The number of hydrogen-bond donors (Lipinski definition) is 2. The van der Waals surface area contributed by atoms with E-state index < -0.39 is 0 Å². The zero-order valence-electron chi connectivity index (χ0n) is 13.2. The summed E-state index contributed by atoms with van der Waals surface area (Å²) in [5.74, 6) is 0.193. The number of carbonyl (C=O) groups is 1. The molecule has 3 nitrogen and oxygen atoms in total. The lowest BCUT2D eigenvalue weighted by Crippen LogP contribution is -2.50. The number of benzene rings is 1. The second kappa shape index (κ2) is 7.32. The van der Waals surface area contributed by atoms with Crippen molar-refractivity contribution in [3.63, 3.8) is 0 Å². The summed E-state index contributed by atoms with van der Waals surface area (Å²) in [6.45, 7) is 6.00. The van der Waals surface area contributed by atoms with Crippen molar-refractivity contribution in [3.8, 4) is 0 Å². The largest absolute Gasteiger partial charge is 0.349 e. The Morgan fingerprint density at radius 3 is 2.67 bits per heavy atom. The maximum absolute atomic E-state index is 12.7. The van der Waals surface area contributed by atoms with Crippen LogP contribution in [0.25, 0.3) is 0 Å². The zero-order valence-corrected chi connectivity index (χ0v) is 14.1. The molecule has 1 amide bonds. The lowest BCUT2D eigenvalue weighted by atomic mass is 9.77. The number of amides is 1. The molecule has 0 aromatic heterocycles. The Kier molecular flexibility index (Phi) is 5.71. The summed E-state index contributed by atoms with van der Waals surface area (Å²) in [5, 5.41) is 6.58. The van der Waals surface area contributed by atoms with E-state index >= 15 is 0 Å². The van der Waals surface area contributed by atoms with Crippen molar-refractivity contribution in [3.05, 3.63) is 29.8 Å². The zero-order chi connectivity index (χ0) is 15.3. The number of thioether (sulfide) groups is 1. The molecule has 2 N–H and O–H groups in total. The van der Waals surface area contributed by atoms with Crippen molar-refractivity contribution in [2.75, 3.05) is 19.3 Å². The van der Waals surface area contributed by atoms with Crippen molar-refractivity contribution in [1.82, 2.24) is 10.6 Å². The molecule has 21 heavy (non-hydrogen) atoms. The van der Waals surface area contributed by atoms with Gasteiger partial charge >= 0.3 is 0 Å². The second-order valence-electron chi connectivity index (χ2n) is 5.88. The number of nitrogens with one attached hydrogen (secondary N) is 2. The second-order valence-corrected chi connectivity index (χ2v) is 6.76. The highest BCUT2D eigenvalue weighted by molar-refractivity contribution is 7.98. The van der Waals surface area contributed by atoms with Crippen LogP contribution in [0.2, 0.25) is 0 Å². The number of carbonyl (C=O) groups excluding carboxylic acids is 1. The van der Waals surface area contributed by atoms with E-state index in [1.807, 2.05) is 0 Å². The molecule has 1 aliphatic rings.